The molecule has 1 N–H and O–H groups in total. The first-order valence-corrected chi connectivity index (χ1v) is 7.65. The van der Waals surface area contributed by atoms with E-state index in [1.165, 1.54) is 4.88 Å². The van der Waals surface area contributed by atoms with Gasteiger partial charge in [0.25, 0.3) is 5.91 Å². The summed E-state index contributed by atoms with van der Waals surface area (Å²) in [6, 6.07) is 3.85. The number of hydroxylamine groups is 1. The lowest BCUT2D eigenvalue weighted by Crippen LogP contribution is -2.27. The molecule has 1 heterocycles. The molecule has 0 aliphatic rings. The van der Waals surface area contributed by atoms with Crippen LogP contribution in [0.25, 0.3) is 0 Å². The topological polar surface area (TPSA) is 38.3 Å². The van der Waals surface area contributed by atoms with Crippen molar-refractivity contribution in [2.24, 2.45) is 5.92 Å². The molecule has 0 bridgehead atoms. The summed E-state index contributed by atoms with van der Waals surface area (Å²) in [7, 11) is 0. The normalized spacial score (nSPS) is 10.8. The second-order valence-electron chi connectivity index (χ2n) is 3.93. The molecule has 1 aromatic rings. The third kappa shape index (κ3) is 6.93. The van der Waals surface area contributed by atoms with E-state index in [-0.39, 0.29) is 5.91 Å². The lowest BCUT2D eigenvalue weighted by Gasteiger charge is -2.07. The van der Waals surface area contributed by atoms with Gasteiger partial charge in [0, 0.05) is 10.6 Å². The largest absolute Gasteiger partial charge is 0.273 e. The summed E-state index contributed by atoms with van der Waals surface area (Å²) in [5.41, 5.74) is 2.42. The van der Waals surface area contributed by atoms with Gasteiger partial charge >= 0.3 is 0 Å². The number of carbonyl (C=O) groups is 1. The number of rotatable bonds is 7. The molecule has 0 unspecified atom stereocenters. The van der Waals surface area contributed by atoms with Crippen LogP contribution in [0.4, 0.5) is 0 Å². The van der Waals surface area contributed by atoms with Crippen molar-refractivity contribution >= 4 is 40.6 Å². The Morgan fingerprint density at radius 3 is 2.94 bits per heavy atom. The van der Waals surface area contributed by atoms with E-state index in [0.717, 1.165) is 10.1 Å². The van der Waals surface area contributed by atoms with E-state index < -0.39 is 0 Å². The third-order valence-corrected chi connectivity index (χ3v) is 4.10. The Balaban J connectivity index is 2.08. The summed E-state index contributed by atoms with van der Waals surface area (Å²) in [6.45, 7) is 4.60. The van der Waals surface area contributed by atoms with Crippen molar-refractivity contribution in [2.75, 3.05) is 12.4 Å². The molecule has 0 spiro atoms. The molecule has 0 aromatic carbocycles. The number of hydrogen-bond acceptors (Lipinski definition) is 4. The Morgan fingerprint density at radius 2 is 2.35 bits per heavy atom. The van der Waals surface area contributed by atoms with Gasteiger partial charge in [-0.15, -0.1) is 23.1 Å². The monoisotopic (exact) mass is 293 g/mol. The highest BCUT2D eigenvalue weighted by Gasteiger charge is 2.04. The molecule has 0 radical (unpaired) electrons. The van der Waals surface area contributed by atoms with Crippen molar-refractivity contribution in [1.82, 2.24) is 5.48 Å². The fourth-order valence-corrected chi connectivity index (χ4v) is 3.00. The predicted molar refractivity (Wildman–Crippen MR) is 74.4 cm³/mol. The second-order valence-corrected chi connectivity index (χ2v) is 6.71. The van der Waals surface area contributed by atoms with Crippen LogP contribution in [-0.4, -0.2) is 18.3 Å². The second kappa shape index (κ2) is 7.97. The fourth-order valence-electron chi connectivity index (χ4n) is 0.992. The van der Waals surface area contributed by atoms with Gasteiger partial charge in [-0.05, 0) is 18.1 Å². The molecule has 0 aliphatic carbocycles. The maximum atomic E-state index is 11.3. The van der Waals surface area contributed by atoms with Crippen molar-refractivity contribution in [2.45, 2.75) is 19.6 Å². The molecule has 0 saturated carbocycles. The van der Waals surface area contributed by atoms with E-state index >= 15 is 0 Å². The van der Waals surface area contributed by atoms with Crippen LogP contribution >= 0.6 is 34.7 Å². The lowest BCUT2D eigenvalue weighted by molar-refractivity contribution is -0.131. The van der Waals surface area contributed by atoms with Crippen molar-refractivity contribution in [3.05, 3.63) is 21.3 Å². The van der Waals surface area contributed by atoms with Gasteiger partial charge in [-0.3, -0.25) is 9.63 Å². The Hall–Kier alpha value is -0.230. The van der Waals surface area contributed by atoms with Crippen molar-refractivity contribution in [1.29, 1.82) is 0 Å². The Morgan fingerprint density at radius 1 is 1.59 bits per heavy atom. The molecule has 0 fully saturated rings. The Labute approximate surface area is 115 Å². The highest BCUT2D eigenvalue weighted by molar-refractivity contribution is 7.99. The van der Waals surface area contributed by atoms with Gasteiger partial charge in [-0.25, -0.2) is 5.48 Å². The van der Waals surface area contributed by atoms with Crippen LogP contribution < -0.4 is 5.48 Å². The molecule has 0 atom stereocenters. The summed E-state index contributed by atoms with van der Waals surface area (Å²) < 4.78 is 0.783. The first-order chi connectivity index (χ1) is 8.08. The summed E-state index contributed by atoms with van der Waals surface area (Å²) in [5.74, 6) is 1.51. The predicted octanol–water partition coefficient (Wildman–Crippen LogP) is 3.34. The molecule has 17 heavy (non-hydrogen) atoms. The maximum Gasteiger partial charge on any atom is 0.253 e. The summed E-state index contributed by atoms with van der Waals surface area (Å²) in [4.78, 5) is 17.5. The number of thiophene rings is 1. The minimum absolute atomic E-state index is 0.0988. The minimum Gasteiger partial charge on any atom is -0.273 e. The van der Waals surface area contributed by atoms with E-state index in [1.807, 2.05) is 26.0 Å². The Kier molecular flexibility index (Phi) is 6.96. The zero-order chi connectivity index (χ0) is 12.7. The van der Waals surface area contributed by atoms with Crippen LogP contribution in [0.5, 0.6) is 0 Å². The maximum absolute atomic E-state index is 11.3. The van der Waals surface area contributed by atoms with Gasteiger partial charge in [-0.2, -0.15) is 0 Å². The van der Waals surface area contributed by atoms with Gasteiger partial charge in [0.15, 0.2) is 0 Å². The summed E-state index contributed by atoms with van der Waals surface area (Å²) >= 11 is 8.90. The van der Waals surface area contributed by atoms with E-state index in [2.05, 4.69) is 5.48 Å². The molecule has 6 heteroatoms. The average molecular weight is 294 g/mol. The van der Waals surface area contributed by atoms with E-state index in [9.17, 15) is 4.79 Å². The van der Waals surface area contributed by atoms with Gasteiger partial charge in [-0.1, -0.05) is 25.4 Å². The Bertz CT molecular complexity index is 355. The number of amides is 1. The minimum atomic E-state index is -0.0988. The van der Waals surface area contributed by atoms with Crippen LogP contribution in [0.3, 0.4) is 0 Å². The smallest absolute Gasteiger partial charge is 0.253 e. The summed E-state index contributed by atoms with van der Waals surface area (Å²) in [5, 5.41) is 0. The van der Waals surface area contributed by atoms with Crippen LogP contribution in [0, 0.1) is 5.92 Å². The number of carbonyl (C=O) groups excluding carboxylic acids is 1. The quantitative estimate of drug-likeness (QED) is 0.784. The van der Waals surface area contributed by atoms with E-state index in [1.54, 1.807) is 23.1 Å². The third-order valence-electron chi connectivity index (χ3n) is 1.71. The van der Waals surface area contributed by atoms with E-state index in [4.69, 9.17) is 16.4 Å². The van der Waals surface area contributed by atoms with Gasteiger partial charge in [0.1, 0.15) is 0 Å². The van der Waals surface area contributed by atoms with Crippen LogP contribution in [0.1, 0.15) is 18.7 Å². The first kappa shape index (κ1) is 14.8. The molecule has 1 amide bonds. The standard InChI is InChI=1S/C11H16ClNO2S2/c1-8(2)5-15-13-11(14)7-16-6-9-3-4-10(12)17-9/h3-4,8H,5-7H2,1-2H3,(H,13,14). The van der Waals surface area contributed by atoms with Gasteiger partial charge in [0.05, 0.1) is 16.7 Å². The van der Waals surface area contributed by atoms with Crippen molar-refractivity contribution in [3.8, 4) is 0 Å². The van der Waals surface area contributed by atoms with Crippen molar-refractivity contribution in [3.63, 3.8) is 0 Å². The molecular weight excluding hydrogens is 278 g/mol. The molecule has 3 nitrogen and oxygen atoms in total. The molecule has 1 aromatic heterocycles. The van der Waals surface area contributed by atoms with Crippen LogP contribution in [0.2, 0.25) is 4.34 Å². The molecule has 96 valence electrons. The number of nitrogens with one attached hydrogen (secondary N) is 1. The number of thioether (sulfide) groups is 1. The number of hydrogen-bond donors (Lipinski definition) is 1. The SMILES string of the molecule is CC(C)CONC(=O)CSCc1ccc(Cl)s1. The molecular formula is C11H16ClNO2S2. The van der Waals surface area contributed by atoms with E-state index in [0.29, 0.717) is 18.3 Å². The lowest BCUT2D eigenvalue weighted by atomic mass is 10.2. The van der Waals surface area contributed by atoms with Crippen molar-refractivity contribution < 1.29 is 9.63 Å². The molecule has 0 aliphatic heterocycles. The highest BCUT2D eigenvalue weighted by Crippen LogP contribution is 2.24. The van der Waals surface area contributed by atoms with Crippen LogP contribution in [-0.2, 0) is 15.4 Å². The summed E-state index contributed by atoms with van der Waals surface area (Å²) in [6.07, 6.45) is 0. The van der Waals surface area contributed by atoms with Gasteiger partial charge in [0.2, 0.25) is 0 Å². The zero-order valence-corrected chi connectivity index (χ0v) is 12.3. The number of halogens is 1. The fraction of sp³-hybridized carbons (Fsp3) is 0.545. The average Bonchev–Trinajstić information content (AvgIpc) is 2.63. The zero-order valence-electron chi connectivity index (χ0n) is 9.86. The first-order valence-electron chi connectivity index (χ1n) is 5.30. The molecule has 0 saturated heterocycles. The highest BCUT2D eigenvalue weighted by atomic mass is 35.5. The molecule has 1 rings (SSSR count). The van der Waals surface area contributed by atoms with Crippen LogP contribution in [0.15, 0.2) is 12.1 Å². The van der Waals surface area contributed by atoms with Gasteiger partial charge < -0.3 is 0 Å².